The highest BCUT2D eigenvalue weighted by molar-refractivity contribution is 6.36. The average molecular weight is 561 g/mol. The van der Waals surface area contributed by atoms with Crippen molar-refractivity contribution in [2.24, 2.45) is 0 Å². The van der Waals surface area contributed by atoms with E-state index in [1.807, 2.05) is 22.7 Å². The second kappa shape index (κ2) is 10.7. The standard InChI is InChI=1S/C26H27Cl2FN6O3/c1-3-31-26(36)34-8-6-16(7-9-34)35-12-15(10-33-35)18-13-37-23-17(18)11-32-25(30)24(23)38-14(2)21-19(27)4-5-20(29)22(21)28/h4-5,10-14,16H,3,6-9H2,1-2H3,(H2,30,32)(H,31,36)/t14-/m1/s1. The highest BCUT2D eigenvalue weighted by Crippen LogP contribution is 2.41. The number of hydrogen-bond donors (Lipinski definition) is 2. The van der Waals surface area contributed by atoms with E-state index in [9.17, 15) is 9.18 Å². The number of pyridine rings is 1. The molecule has 0 spiro atoms. The number of furan rings is 1. The number of nitrogens with two attached hydrogens (primary N) is 1. The van der Waals surface area contributed by atoms with E-state index in [-0.39, 0.29) is 33.7 Å². The van der Waals surface area contributed by atoms with Crippen LogP contribution in [0.25, 0.3) is 22.1 Å². The molecule has 2 amide bonds. The Bertz CT molecular complexity index is 1480. The molecule has 0 bridgehead atoms. The molecule has 3 N–H and O–H groups in total. The summed E-state index contributed by atoms with van der Waals surface area (Å²) in [7, 11) is 0. The quantitative estimate of drug-likeness (QED) is 0.270. The first-order valence-electron chi connectivity index (χ1n) is 12.3. The Morgan fingerprint density at radius 3 is 2.82 bits per heavy atom. The number of likely N-dealkylation sites (tertiary alicyclic amines) is 1. The first-order valence-corrected chi connectivity index (χ1v) is 13.1. The molecule has 1 aliphatic heterocycles. The zero-order valence-electron chi connectivity index (χ0n) is 20.9. The minimum atomic E-state index is -0.734. The van der Waals surface area contributed by atoms with Gasteiger partial charge >= 0.3 is 6.03 Å². The van der Waals surface area contributed by atoms with Crippen LogP contribution >= 0.6 is 23.2 Å². The number of piperidine rings is 1. The van der Waals surface area contributed by atoms with E-state index < -0.39 is 11.9 Å². The van der Waals surface area contributed by atoms with E-state index >= 15 is 0 Å². The van der Waals surface area contributed by atoms with Crippen LogP contribution in [0, 0.1) is 5.82 Å². The van der Waals surface area contributed by atoms with Crippen molar-refractivity contribution in [2.75, 3.05) is 25.4 Å². The molecular weight excluding hydrogens is 534 g/mol. The minimum absolute atomic E-state index is 0.0296. The van der Waals surface area contributed by atoms with Crippen LogP contribution < -0.4 is 15.8 Å². The number of hydrogen-bond acceptors (Lipinski definition) is 6. The molecule has 1 saturated heterocycles. The number of fused-ring (bicyclic) bond motifs is 1. The predicted molar refractivity (Wildman–Crippen MR) is 144 cm³/mol. The Morgan fingerprint density at radius 1 is 1.32 bits per heavy atom. The van der Waals surface area contributed by atoms with Gasteiger partial charge in [0.1, 0.15) is 18.2 Å². The molecule has 1 atom stereocenters. The van der Waals surface area contributed by atoms with E-state index in [1.54, 1.807) is 25.6 Å². The number of anilines is 1. The molecule has 0 aliphatic carbocycles. The topological polar surface area (TPSA) is 111 Å². The third-order valence-corrected chi connectivity index (χ3v) is 7.46. The number of nitrogens with zero attached hydrogens (tertiary/aromatic N) is 4. The van der Waals surface area contributed by atoms with Gasteiger partial charge in [-0.15, -0.1) is 0 Å². The summed E-state index contributed by atoms with van der Waals surface area (Å²) in [5.74, 6) is -0.274. The van der Waals surface area contributed by atoms with Gasteiger partial charge in [-0.25, -0.2) is 14.2 Å². The average Bonchev–Trinajstić information content (AvgIpc) is 3.56. The largest absolute Gasteiger partial charge is 0.478 e. The van der Waals surface area contributed by atoms with E-state index in [4.69, 9.17) is 38.1 Å². The molecule has 1 aliphatic rings. The SMILES string of the molecule is CCNC(=O)N1CCC(n2cc(-c3coc4c(O[C@H](C)c5c(Cl)ccc(F)c5Cl)c(N)ncc34)cn2)CC1. The van der Waals surface area contributed by atoms with Gasteiger partial charge in [-0.3, -0.25) is 4.68 Å². The number of carbonyl (C=O) groups is 1. The van der Waals surface area contributed by atoms with Gasteiger partial charge in [0, 0.05) is 53.7 Å². The van der Waals surface area contributed by atoms with Gasteiger partial charge in [-0.1, -0.05) is 23.2 Å². The molecule has 1 fully saturated rings. The van der Waals surface area contributed by atoms with E-state index in [1.165, 1.54) is 12.1 Å². The zero-order valence-corrected chi connectivity index (χ0v) is 22.4. The lowest BCUT2D eigenvalue weighted by atomic mass is 10.1. The number of urea groups is 1. The number of ether oxygens (including phenoxy) is 1. The molecule has 3 aromatic heterocycles. The van der Waals surface area contributed by atoms with Crippen molar-refractivity contribution in [3.8, 4) is 16.9 Å². The van der Waals surface area contributed by atoms with Gasteiger partial charge in [0.05, 0.1) is 22.6 Å². The number of rotatable bonds is 6. The summed E-state index contributed by atoms with van der Waals surface area (Å²) in [5, 5.41) is 8.26. The van der Waals surface area contributed by atoms with Crippen LogP contribution in [0.2, 0.25) is 10.0 Å². The normalized spacial score (nSPS) is 15.1. The Labute approximate surface area is 228 Å². The lowest BCUT2D eigenvalue weighted by Gasteiger charge is -2.32. The van der Waals surface area contributed by atoms with E-state index in [2.05, 4.69) is 15.4 Å². The summed E-state index contributed by atoms with van der Waals surface area (Å²) < 4.78 is 28.0. The number of nitrogen functional groups attached to an aromatic ring is 1. The minimum Gasteiger partial charge on any atom is -0.478 e. The maximum atomic E-state index is 14.1. The van der Waals surface area contributed by atoms with Gasteiger partial charge in [-0.05, 0) is 38.8 Å². The van der Waals surface area contributed by atoms with Crippen LogP contribution in [0.1, 0.15) is 44.4 Å². The Balaban J connectivity index is 1.38. The molecule has 12 heteroatoms. The van der Waals surface area contributed by atoms with Gasteiger partial charge in [0.25, 0.3) is 0 Å². The van der Waals surface area contributed by atoms with Crippen LogP contribution in [-0.4, -0.2) is 45.3 Å². The summed E-state index contributed by atoms with van der Waals surface area (Å²) in [6.45, 7) is 5.54. The molecule has 4 aromatic rings. The molecular formula is C26H27Cl2FN6O3. The second-order valence-electron chi connectivity index (χ2n) is 9.14. The van der Waals surface area contributed by atoms with Crippen LogP contribution in [0.4, 0.5) is 15.0 Å². The lowest BCUT2D eigenvalue weighted by molar-refractivity contribution is 0.169. The molecule has 5 rings (SSSR count). The molecule has 9 nitrogen and oxygen atoms in total. The summed E-state index contributed by atoms with van der Waals surface area (Å²) in [5.41, 5.74) is 8.45. The van der Waals surface area contributed by atoms with Crippen molar-refractivity contribution in [2.45, 2.75) is 38.8 Å². The van der Waals surface area contributed by atoms with Crippen molar-refractivity contribution < 1.29 is 18.3 Å². The van der Waals surface area contributed by atoms with Crippen LogP contribution in [-0.2, 0) is 0 Å². The highest BCUT2D eigenvalue weighted by Gasteiger charge is 2.26. The maximum Gasteiger partial charge on any atom is 0.317 e. The van der Waals surface area contributed by atoms with Crippen molar-refractivity contribution in [3.63, 3.8) is 0 Å². The highest BCUT2D eigenvalue weighted by atomic mass is 35.5. The van der Waals surface area contributed by atoms with Crippen molar-refractivity contribution >= 4 is 46.0 Å². The maximum absolute atomic E-state index is 14.1. The number of nitrogens with one attached hydrogen (secondary N) is 1. The first kappa shape index (κ1) is 26.1. The number of halogens is 3. The van der Waals surface area contributed by atoms with E-state index in [0.29, 0.717) is 36.2 Å². The third kappa shape index (κ3) is 4.86. The Hall–Kier alpha value is -3.50. The number of carbonyl (C=O) groups excluding carboxylic acids is 1. The molecule has 38 heavy (non-hydrogen) atoms. The fourth-order valence-electron chi connectivity index (χ4n) is 4.74. The number of amides is 2. The number of aromatic nitrogens is 3. The smallest absolute Gasteiger partial charge is 0.317 e. The monoisotopic (exact) mass is 560 g/mol. The van der Waals surface area contributed by atoms with Gasteiger partial charge < -0.3 is 25.1 Å². The Kier molecular flexibility index (Phi) is 7.36. The first-order chi connectivity index (χ1) is 18.3. The summed E-state index contributed by atoms with van der Waals surface area (Å²) in [6.07, 6.45) is 7.83. The zero-order chi connectivity index (χ0) is 27.0. The molecule has 0 unspecified atom stereocenters. The van der Waals surface area contributed by atoms with Crippen molar-refractivity contribution in [3.05, 3.63) is 58.4 Å². The third-order valence-electron chi connectivity index (χ3n) is 6.75. The van der Waals surface area contributed by atoms with Gasteiger partial charge in [-0.2, -0.15) is 5.10 Å². The molecule has 200 valence electrons. The lowest BCUT2D eigenvalue weighted by Crippen LogP contribution is -2.44. The van der Waals surface area contributed by atoms with E-state index in [0.717, 1.165) is 24.0 Å². The molecule has 0 radical (unpaired) electrons. The van der Waals surface area contributed by atoms with Crippen LogP contribution in [0.3, 0.4) is 0 Å². The van der Waals surface area contributed by atoms with Crippen molar-refractivity contribution in [1.29, 1.82) is 0 Å². The summed E-state index contributed by atoms with van der Waals surface area (Å²) >= 11 is 12.4. The summed E-state index contributed by atoms with van der Waals surface area (Å²) in [4.78, 5) is 18.2. The van der Waals surface area contributed by atoms with Gasteiger partial charge in [0.15, 0.2) is 11.4 Å². The van der Waals surface area contributed by atoms with Gasteiger partial charge in [0.2, 0.25) is 5.75 Å². The summed E-state index contributed by atoms with van der Waals surface area (Å²) in [6, 6.07) is 2.77. The number of benzene rings is 1. The van der Waals surface area contributed by atoms with Crippen LogP contribution in [0.5, 0.6) is 5.75 Å². The molecule has 1 aromatic carbocycles. The fourth-order valence-corrected chi connectivity index (χ4v) is 5.42. The fraction of sp³-hybridized carbons (Fsp3) is 0.346. The molecule has 4 heterocycles. The predicted octanol–water partition coefficient (Wildman–Crippen LogP) is 6.23. The Morgan fingerprint density at radius 2 is 2.08 bits per heavy atom. The van der Waals surface area contributed by atoms with Crippen molar-refractivity contribution in [1.82, 2.24) is 25.0 Å². The second-order valence-corrected chi connectivity index (χ2v) is 9.93. The molecule has 0 saturated carbocycles. The van der Waals surface area contributed by atoms with Crippen LogP contribution in [0.15, 0.2) is 41.4 Å².